The van der Waals surface area contributed by atoms with E-state index in [1.807, 2.05) is 46.1 Å². The Hall–Kier alpha value is -2.63. The van der Waals surface area contributed by atoms with Crippen molar-refractivity contribution in [2.45, 2.75) is 38.3 Å². The maximum Gasteiger partial charge on any atom is 0.223 e. The molecule has 1 aromatic carbocycles. The number of oxazole rings is 1. The number of nitrogens with zero attached hydrogens (tertiary/aromatic N) is 4. The number of aromatic nitrogens is 3. The molecule has 0 spiro atoms. The standard InChI is InChI=1S/C18H20N4O2/c23-18(9-8-17-20-15-6-1-2-7-16(15)24-17)22-12-3-5-14(22)13-21-11-4-10-19-21/h1-2,4,6-7,10-11,14H,3,5,8-9,12-13H2/t14-/m0/s1. The van der Waals surface area contributed by atoms with E-state index in [1.165, 1.54) is 0 Å². The molecule has 0 radical (unpaired) electrons. The van der Waals surface area contributed by atoms with Crippen molar-refractivity contribution >= 4 is 17.0 Å². The molecule has 0 aliphatic carbocycles. The van der Waals surface area contributed by atoms with Gasteiger partial charge in [-0.1, -0.05) is 12.1 Å². The highest BCUT2D eigenvalue weighted by Crippen LogP contribution is 2.21. The number of rotatable bonds is 5. The summed E-state index contributed by atoms with van der Waals surface area (Å²) in [6, 6.07) is 9.82. The van der Waals surface area contributed by atoms with Crippen LogP contribution in [0, 0.1) is 0 Å². The number of aryl methyl sites for hydroxylation is 1. The first-order valence-electron chi connectivity index (χ1n) is 8.41. The van der Waals surface area contributed by atoms with Crippen LogP contribution in [0.4, 0.5) is 0 Å². The zero-order valence-electron chi connectivity index (χ0n) is 13.5. The summed E-state index contributed by atoms with van der Waals surface area (Å²) in [6.45, 7) is 1.60. The van der Waals surface area contributed by atoms with Crippen molar-refractivity contribution in [3.8, 4) is 0 Å². The Morgan fingerprint density at radius 1 is 1.29 bits per heavy atom. The van der Waals surface area contributed by atoms with Crippen LogP contribution in [0.3, 0.4) is 0 Å². The highest BCUT2D eigenvalue weighted by atomic mass is 16.3. The molecule has 2 aromatic heterocycles. The maximum absolute atomic E-state index is 12.6. The Morgan fingerprint density at radius 3 is 3.04 bits per heavy atom. The number of para-hydroxylation sites is 2. The molecule has 6 heteroatoms. The normalized spacial score (nSPS) is 17.7. The van der Waals surface area contributed by atoms with Gasteiger partial charge in [-0.05, 0) is 31.0 Å². The van der Waals surface area contributed by atoms with Crippen LogP contribution in [0.15, 0.2) is 47.1 Å². The topological polar surface area (TPSA) is 64.2 Å². The van der Waals surface area contributed by atoms with Crippen LogP contribution in [0.5, 0.6) is 0 Å². The van der Waals surface area contributed by atoms with E-state index in [0.717, 1.165) is 37.0 Å². The third kappa shape index (κ3) is 3.04. The van der Waals surface area contributed by atoms with Gasteiger partial charge in [0, 0.05) is 31.8 Å². The molecular formula is C18H20N4O2. The summed E-state index contributed by atoms with van der Waals surface area (Å²) in [6.07, 6.45) is 6.78. The third-order valence-electron chi connectivity index (χ3n) is 4.55. The van der Waals surface area contributed by atoms with Crippen LogP contribution in [0.1, 0.15) is 25.2 Å². The lowest BCUT2D eigenvalue weighted by Gasteiger charge is -2.24. The minimum Gasteiger partial charge on any atom is -0.441 e. The zero-order chi connectivity index (χ0) is 16.4. The molecule has 0 saturated carbocycles. The van der Waals surface area contributed by atoms with Crippen molar-refractivity contribution in [3.05, 3.63) is 48.6 Å². The molecule has 6 nitrogen and oxygen atoms in total. The van der Waals surface area contributed by atoms with E-state index in [0.29, 0.717) is 18.7 Å². The van der Waals surface area contributed by atoms with Gasteiger partial charge in [-0.2, -0.15) is 5.10 Å². The Balaban J connectivity index is 1.38. The van der Waals surface area contributed by atoms with E-state index in [2.05, 4.69) is 10.1 Å². The number of hydrogen-bond donors (Lipinski definition) is 0. The van der Waals surface area contributed by atoms with E-state index < -0.39 is 0 Å². The molecule has 3 aromatic rings. The second-order valence-corrected chi connectivity index (χ2v) is 6.19. The first-order chi connectivity index (χ1) is 11.8. The summed E-state index contributed by atoms with van der Waals surface area (Å²) in [5.41, 5.74) is 1.62. The van der Waals surface area contributed by atoms with Crippen molar-refractivity contribution in [1.82, 2.24) is 19.7 Å². The third-order valence-corrected chi connectivity index (χ3v) is 4.55. The fourth-order valence-corrected chi connectivity index (χ4v) is 3.36. The number of fused-ring (bicyclic) bond motifs is 1. The van der Waals surface area contributed by atoms with E-state index in [1.54, 1.807) is 6.20 Å². The number of amides is 1. The summed E-state index contributed by atoms with van der Waals surface area (Å²) in [4.78, 5) is 19.0. The van der Waals surface area contributed by atoms with Crippen molar-refractivity contribution in [2.75, 3.05) is 6.54 Å². The maximum atomic E-state index is 12.6. The molecule has 1 aliphatic rings. The number of carbonyl (C=O) groups is 1. The summed E-state index contributed by atoms with van der Waals surface area (Å²) in [5, 5.41) is 4.25. The molecular weight excluding hydrogens is 304 g/mol. The summed E-state index contributed by atoms with van der Waals surface area (Å²) < 4.78 is 7.60. The van der Waals surface area contributed by atoms with Crippen LogP contribution in [-0.4, -0.2) is 38.2 Å². The average Bonchev–Trinajstić information content (AvgIpc) is 3.33. The monoisotopic (exact) mass is 324 g/mol. The van der Waals surface area contributed by atoms with E-state index >= 15 is 0 Å². The Morgan fingerprint density at radius 2 is 2.21 bits per heavy atom. The molecule has 124 valence electrons. The number of benzene rings is 1. The molecule has 4 rings (SSSR count). The van der Waals surface area contributed by atoms with Gasteiger partial charge in [0.15, 0.2) is 11.5 Å². The predicted octanol–water partition coefficient (Wildman–Crippen LogP) is 2.65. The first-order valence-corrected chi connectivity index (χ1v) is 8.41. The largest absolute Gasteiger partial charge is 0.441 e. The van der Waals surface area contributed by atoms with Gasteiger partial charge in [0.05, 0.1) is 12.6 Å². The number of carbonyl (C=O) groups excluding carboxylic acids is 1. The fourth-order valence-electron chi connectivity index (χ4n) is 3.36. The number of likely N-dealkylation sites (tertiary alicyclic amines) is 1. The molecule has 1 aliphatic heterocycles. The van der Waals surface area contributed by atoms with Gasteiger partial charge in [-0.3, -0.25) is 9.48 Å². The molecule has 24 heavy (non-hydrogen) atoms. The highest BCUT2D eigenvalue weighted by Gasteiger charge is 2.28. The lowest BCUT2D eigenvalue weighted by molar-refractivity contribution is -0.132. The molecule has 3 heterocycles. The van der Waals surface area contributed by atoms with Crippen molar-refractivity contribution in [2.24, 2.45) is 0 Å². The highest BCUT2D eigenvalue weighted by molar-refractivity contribution is 5.77. The molecule has 1 fully saturated rings. The molecule has 1 amide bonds. The van der Waals surface area contributed by atoms with Crippen LogP contribution >= 0.6 is 0 Å². The zero-order valence-corrected chi connectivity index (χ0v) is 13.5. The van der Waals surface area contributed by atoms with Gasteiger partial charge in [0.1, 0.15) is 5.52 Å². The second-order valence-electron chi connectivity index (χ2n) is 6.19. The predicted molar refractivity (Wildman–Crippen MR) is 89.3 cm³/mol. The summed E-state index contributed by atoms with van der Waals surface area (Å²) >= 11 is 0. The molecule has 0 N–H and O–H groups in total. The van der Waals surface area contributed by atoms with Crippen molar-refractivity contribution in [1.29, 1.82) is 0 Å². The van der Waals surface area contributed by atoms with Gasteiger partial charge in [-0.25, -0.2) is 4.98 Å². The molecule has 0 bridgehead atoms. The van der Waals surface area contributed by atoms with Gasteiger partial charge >= 0.3 is 0 Å². The second kappa shape index (κ2) is 6.47. The first kappa shape index (κ1) is 14.9. The van der Waals surface area contributed by atoms with Crippen molar-refractivity contribution in [3.63, 3.8) is 0 Å². The van der Waals surface area contributed by atoms with Crippen LogP contribution in [-0.2, 0) is 17.8 Å². The Bertz CT molecular complexity index is 792. The van der Waals surface area contributed by atoms with Crippen LogP contribution < -0.4 is 0 Å². The molecule has 1 saturated heterocycles. The van der Waals surface area contributed by atoms with Gasteiger partial charge in [0.2, 0.25) is 5.91 Å². The Labute approximate surface area is 140 Å². The van der Waals surface area contributed by atoms with Crippen LogP contribution in [0.2, 0.25) is 0 Å². The van der Waals surface area contributed by atoms with Gasteiger partial charge < -0.3 is 9.32 Å². The molecule has 0 unspecified atom stereocenters. The van der Waals surface area contributed by atoms with Gasteiger partial charge in [-0.15, -0.1) is 0 Å². The lowest BCUT2D eigenvalue weighted by Crippen LogP contribution is -2.38. The number of hydrogen-bond acceptors (Lipinski definition) is 4. The quantitative estimate of drug-likeness (QED) is 0.724. The van der Waals surface area contributed by atoms with Gasteiger partial charge in [0.25, 0.3) is 0 Å². The summed E-state index contributed by atoms with van der Waals surface area (Å²) in [7, 11) is 0. The van der Waals surface area contributed by atoms with E-state index in [4.69, 9.17) is 4.42 Å². The smallest absolute Gasteiger partial charge is 0.223 e. The average molecular weight is 324 g/mol. The SMILES string of the molecule is O=C(CCc1nc2ccccc2o1)N1CCC[C@H]1Cn1cccn1. The van der Waals surface area contributed by atoms with Crippen LogP contribution in [0.25, 0.3) is 11.1 Å². The fraction of sp³-hybridized carbons (Fsp3) is 0.389. The lowest BCUT2D eigenvalue weighted by atomic mass is 10.2. The van der Waals surface area contributed by atoms with E-state index in [-0.39, 0.29) is 11.9 Å². The van der Waals surface area contributed by atoms with Crippen molar-refractivity contribution < 1.29 is 9.21 Å². The Kier molecular flexibility index (Phi) is 4.02. The molecule has 1 atom stereocenters. The minimum absolute atomic E-state index is 0.173. The summed E-state index contributed by atoms with van der Waals surface area (Å²) in [5.74, 6) is 0.805. The minimum atomic E-state index is 0.173. The van der Waals surface area contributed by atoms with E-state index in [9.17, 15) is 4.79 Å².